The minimum atomic E-state index is 0.642. The van der Waals surface area contributed by atoms with Crippen LogP contribution in [-0.4, -0.2) is 0 Å². The first kappa shape index (κ1) is 12.0. The van der Waals surface area contributed by atoms with Crippen LogP contribution < -0.4 is 0 Å². The van der Waals surface area contributed by atoms with Crippen LogP contribution in [0.5, 0.6) is 0 Å². The first-order valence-electron chi connectivity index (χ1n) is 6.67. The molecule has 0 aliphatic heterocycles. The van der Waals surface area contributed by atoms with Gasteiger partial charge in [0.2, 0.25) is 0 Å². The standard InChI is InChI=1S/C16H17BrO/c17-15-8-6-12(7-9-15)14-10-16(18-11-14)13-4-2-1-3-5-13/h6-11,13H,1-5H2. The number of hydrogen-bond acceptors (Lipinski definition) is 1. The lowest BCUT2D eigenvalue weighted by Crippen LogP contribution is -2.02. The Balaban J connectivity index is 1.82. The van der Waals surface area contributed by atoms with Crippen molar-refractivity contribution in [1.29, 1.82) is 0 Å². The summed E-state index contributed by atoms with van der Waals surface area (Å²) in [6.07, 6.45) is 8.54. The van der Waals surface area contributed by atoms with E-state index in [9.17, 15) is 0 Å². The summed E-state index contributed by atoms with van der Waals surface area (Å²) in [5.74, 6) is 1.82. The minimum absolute atomic E-state index is 0.642. The zero-order chi connectivity index (χ0) is 12.4. The summed E-state index contributed by atoms with van der Waals surface area (Å²) >= 11 is 3.46. The molecule has 2 aromatic rings. The zero-order valence-electron chi connectivity index (χ0n) is 10.4. The van der Waals surface area contributed by atoms with E-state index in [1.165, 1.54) is 49.0 Å². The normalized spacial score (nSPS) is 16.9. The van der Waals surface area contributed by atoms with E-state index in [4.69, 9.17) is 4.42 Å². The summed E-state index contributed by atoms with van der Waals surface area (Å²) in [6.45, 7) is 0. The van der Waals surface area contributed by atoms with Gasteiger partial charge in [-0.15, -0.1) is 0 Å². The molecule has 0 unspecified atom stereocenters. The molecule has 0 atom stereocenters. The largest absolute Gasteiger partial charge is 0.468 e. The topological polar surface area (TPSA) is 13.1 Å². The van der Waals surface area contributed by atoms with Crippen LogP contribution in [0.3, 0.4) is 0 Å². The van der Waals surface area contributed by atoms with Gasteiger partial charge in [-0.3, -0.25) is 0 Å². The Hall–Kier alpha value is -1.02. The third kappa shape index (κ3) is 2.54. The molecule has 1 aliphatic rings. The van der Waals surface area contributed by atoms with Crippen LogP contribution in [0.2, 0.25) is 0 Å². The predicted molar refractivity (Wildman–Crippen MR) is 77.7 cm³/mol. The van der Waals surface area contributed by atoms with Crippen molar-refractivity contribution in [2.24, 2.45) is 0 Å². The van der Waals surface area contributed by atoms with Crippen molar-refractivity contribution >= 4 is 15.9 Å². The van der Waals surface area contributed by atoms with E-state index in [2.05, 4.69) is 46.3 Å². The second kappa shape index (κ2) is 5.31. The van der Waals surface area contributed by atoms with Gasteiger partial charge < -0.3 is 4.42 Å². The molecule has 0 saturated heterocycles. The van der Waals surface area contributed by atoms with E-state index in [1.54, 1.807) is 0 Å². The van der Waals surface area contributed by atoms with Gasteiger partial charge in [0.15, 0.2) is 0 Å². The molecular formula is C16H17BrO. The second-order valence-corrected chi connectivity index (χ2v) is 6.00. The van der Waals surface area contributed by atoms with Crippen LogP contribution in [-0.2, 0) is 0 Å². The molecule has 94 valence electrons. The zero-order valence-corrected chi connectivity index (χ0v) is 11.9. The molecule has 1 aromatic carbocycles. The Labute approximate surface area is 116 Å². The summed E-state index contributed by atoms with van der Waals surface area (Å²) in [5.41, 5.74) is 2.42. The lowest BCUT2D eigenvalue weighted by molar-refractivity contribution is 0.375. The summed E-state index contributed by atoms with van der Waals surface area (Å²) in [5, 5.41) is 0. The van der Waals surface area contributed by atoms with Gasteiger partial charge in [-0.25, -0.2) is 0 Å². The number of rotatable bonds is 2. The van der Waals surface area contributed by atoms with Crippen LogP contribution in [0.25, 0.3) is 11.1 Å². The molecule has 1 heterocycles. The van der Waals surface area contributed by atoms with Crippen LogP contribution in [0, 0.1) is 0 Å². The SMILES string of the molecule is Brc1ccc(-c2coc(C3CCCCC3)c2)cc1. The molecule has 1 aromatic heterocycles. The highest BCUT2D eigenvalue weighted by atomic mass is 79.9. The van der Waals surface area contributed by atoms with Crippen molar-refractivity contribution in [3.8, 4) is 11.1 Å². The molecule has 18 heavy (non-hydrogen) atoms. The fourth-order valence-electron chi connectivity index (χ4n) is 2.75. The van der Waals surface area contributed by atoms with Gasteiger partial charge in [-0.05, 0) is 36.6 Å². The molecule has 2 heteroatoms. The molecule has 1 saturated carbocycles. The number of hydrogen-bond donors (Lipinski definition) is 0. The molecule has 0 amide bonds. The Morgan fingerprint density at radius 1 is 0.944 bits per heavy atom. The molecule has 1 fully saturated rings. The third-order valence-electron chi connectivity index (χ3n) is 3.80. The highest BCUT2D eigenvalue weighted by Crippen LogP contribution is 2.35. The Morgan fingerprint density at radius 2 is 1.67 bits per heavy atom. The van der Waals surface area contributed by atoms with Crippen LogP contribution in [0.15, 0.2) is 45.5 Å². The van der Waals surface area contributed by atoms with E-state index < -0.39 is 0 Å². The van der Waals surface area contributed by atoms with E-state index in [1.807, 2.05) is 6.26 Å². The number of benzene rings is 1. The molecule has 0 bridgehead atoms. The van der Waals surface area contributed by atoms with Gasteiger partial charge in [0, 0.05) is 16.0 Å². The molecule has 1 aliphatic carbocycles. The molecule has 0 N–H and O–H groups in total. The van der Waals surface area contributed by atoms with E-state index in [-0.39, 0.29) is 0 Å². The fourth-order valence-corrected chi connectivity index (χ4v) is 3.01. The maximum atomic E-state index is 5.78. The third-order valence-corrected chi connectivity index (χ3v) is 4.33. The van der Waals surface area contributed by atoms with Crippen molar-refractivity contribution in [3.05, 3.63) is 46.8 Å². The van der Waals surface area contributed by atoms with Gasteiger partial charge in [-0.1, -0.05) is 47.3 Å². The van der Waals surface area contributed by atoms with E-state index in [0.717, 1.165) is 4.47 Å². The van der Waals surface area contributed by atoms with E-state index in [0.29, 0.717) is 5.92 Å². The summed E-state index contributed by atoms with van der Waals surface area (Å²) in [4.78, 5) is 0. The first-order chi connectivity index (χ1) is 8.83. The Bertz CT molecular complexity index is 506. The predicted octanol–water partition coefficient (Wildman–Crippen LogP) is 5.76. The first-order valence-corrected chi connectivity index (χ1v) is 7.46. The van der Waals surface area contributed by atoms with Crippen LogP contribution in [0.4, 0.5) is 0 Å². The van der Waals surface area contributed by atoms with Gasteiger partial charge in [0.1, 0.15) is 5.76 Å². The van der Waals surface area contributed by atoms with Gasteiger partial charge in [0.05, 0.1) is 6.26 Å². The monoisotopic (exact) mass is 304 g/mol. The Morgan fingerprint density at radius 3 is 2.39 bits per heavy atom. The second-order valence-electron chi connectivity index (χ2n) is 5.08. The highest BCUT2D eigenvalue weighted by molar-refractivity contribution is 9.10. The maximum Gasteiger partial charge on any atom is 0.107 e. The van der Waals surface area contributed by atoms with Crippen molar-refractivity contribution in [2.45, 2.75) is 38.0 Å². The van der Waals surface area contributed by atoms with Crippen LogP contribution >= 0.6 is 15.9 Å². The van der Waals surface area contributed by atoms with E-state index >= 15 is 0 Å². The molecular weight excluding hydrogens is 288 g/mol. The average Bonchev–Trinajstić information content (AvgIpc) is 2.90. The van der Waals surface area contributed by atoms with Crippen LogP contribution in [0.1, 0.15) is 43.8 Å². The summed E-state index contributed by atoms with van der Waals surface area (Å²) in [6, 6.07) is 10.6. The van der Waals surface area contributed by atoms with Gasteiger partial charge in [0.25, 0.3) is 0 Å². The molecule has 3 rings (SSSR count). The molecule has 0 radical (unpaired) electrons. The fraction of sp³-hybridized carbons (Fsp3) is 0.375. The van der Waals surface area contributed by atoms with Gasteiger partial charge >= 0.3 is 0 Å². The number of furan rings is 1. The smallest absolute Gasteiger partial charge is 0.107 e. The lowest BCUT2D eigenvalue weighted by Gasteiger charge is -2.18. The van der Waals surface area contributed by atoms with Crippen molar-refractivity contribution in [1.82, 2.24) is 0 Å². The maximum absolute atomic E-state index is 5.78. The lowest BCUT2D eigenvalue weighted by atomic mass is 9.87. The minimum Gasteiger partial charge on any atom is -0.468 e. The van der Waals surface area contributed by atoms with Gasteiger partial charge in [-0.2, -0.15) is 0 Å². The highest BCUT2D eigenvalue weighted by Gasteiger charge is 2.18. The summed E-state index contributed by atoms with van der Waals surface area (Å²) < 4.78 is 6.89. The number of halogens is 1. The average molecular weight is 305 g/mol. The molecule has 0 spiro atoms. The quantitative estimate of drug-likeness (QED) is 0.688. The Kier molecular flexibility index (Phi) is 3.55. The molecule has 1 nitrogen and oxygen atoms in total. The van der Waals surface area contributed by atoms with Crippen molar-refractivity contribution in [3.63, 3.8) is 0 Å². The van der Waals surface area contributed by atoms with Crippen molar-refractivity contribution < 1.29 is 4.42 Å². The summed E-state index contributed by atoms with van der Waals surface area (Å²) in [7, 11) is 0. The van der Waals surface area contributed by atoms with Crippen molar-refractivity contribution in [2.75, 3.05) is 0 Å².